The van der Waals surface area contributed by atoms with Crippen molar-refractivity contribution in [3.8, 4) is 50.6 Å². The highest BCUT2D eigenvalue weighted by atomic mass is 16.3. The maximum absolute atomic E-state index is 6.42. The molecule has 0 spiro atoms. The van der Waals surface area contributed by atoms with E-state index in [2.05, 4.69) is 168 Å². The molecule has 0 atom stereocenters. The van der Waals surface area contributed by atoms with Gasteiger partial charge in [0, 0.05) is 43.6 Å². The van der Waals surface area contributed by atoms with Crippen molar-refractivity contribution in [2.75, 3.05) is 0 Å². The Kier molecular flexibility index (Phi) is 6.82. The number of nitrogens with zero attached hydrogens (tertiary/aromatic N) is 3. The van der Waals surface area contributed by atoms with Crippen molar-refractivity contribution in [3.63, 3.8) is 0 Å². The molecular formula is C50H31N3O. The lowest BCUT2D eigenvalue weighted by Gasteiger charge is -2.14. The van der Waals surface area contributed by atoms with Gasteiger partial charge in [0.05, 0.1) is 22.2 Å². The molecule has 3 aromatic heterocycles. The molecule has 0 aliphatic heterocycles. The van der Waals surface area contributed by atoms with E-state index in [-0.39, 0.29) is 0 Å². The molecule has 0 unspecified atom stereocenters. The number of fused-ring (bicyclic) bond motifs is 7. The minimum absolute atomic E-state index is 0.648. The van der Waals surface area contributed by atoms with E-state index in [0.717, 1.165) is 99.3 Å². The van der Waals surface area contributed by atoms with Crippen LogP contribution in [0.4, 0.5) is 0 Å². The molecule has 0 bridgehead atoms. The molecule has 0 saturated heterocycles. The van der Waals surface area contributed by atoms with Gasteiger partial charge < -0.3 is 4.42 Å². The van der Waals surface area contributed by atoms with Crippen LogP contribution < -0.4 is 0 Å². The van der Waals surface area contributed by atoms with Crippen LogP contribution in [-0.2, 0) is 0 Å². The molecule has 0 saturated carbocycles. The van der Waals surface area contributed by atoms with E-state index in [1.54, 1.807) is 0 Å². The lowest BCUT2D eigenvalue weighted by Crippen LogP contribution is -2.04. The Balaban J connectivity index is 1.09. The van der Waals surface area contributed by atoms with Gasteiger partial charge in [0.15, 0.2) is 0 Å². The van der Waals surface area contributed by atoms with Crippen LogP contribution in [0.3, 0.4) is 0 Å². The van der Waals surface area contributed by atoms with E-state index in [0.29, 0.717) is 5.95 Å². The standard InChI is InChI=1S/C50H31N3O/c1-2-14-32(15-3-1)47-43-22-4-7-27-44(43)51-50(52-47)53-45-28-8-5-20-39(45)41-25-12-23-37(48(41)53)35-18-10-16-33(30-35)34-17-11-19-36(31-34)38-24-13-26-42-40-21-6-9-29-46(40)54-49(38)42/h1-31H. The van der Waals surface area contributed by atoms with E-state index in [4.69, 9.17) is 14.4 Å². The summed E-state index contributed by atoms with van der Waals surface area (Å²) in [6, 6.07) is 66.1. The summed E-state index contributed by atoms with van der Waals surface area (Å²) in [4.78, 5) is 10.6. The summed E-state index contributed by atoms with van der Waals surface area (Å²) in [6.45, 7) is 0. The number of rotatable bonds is 5. The lowest BCUT2D eigenvalue weighted by molar-refractivity contribution is 0.670. The SMILES string of the molecule is c1ccc(-c2nc(-n3c4ccccc4c4cccc(-c5cccc(-c6cccc(-c7cccc8c7oc7ccccc78)c6)c5)c43)nc3ccccc23)cc1. The minimum Gasteiger partial charge on any atom is -0.455 e. The third kappa shape index (κ3) is 4.78. The Morgan fingerprint density at radius 2 is 0.963 bits per heavy atom. The van der Waals surface area contributed by atoms with E-state index < -0.39 is 0 Å². The van der Waals surface area contributed by atoms with E-state index in [1.165, 1.54) is 0 Å². The molecule has 11 rings (SSSR count). The highest BCUT2D eigenvalue weighted by molar-refractivity contribution is 6.14. The monoisotopic (exact) mass is 689 g/mol. The molecule has 54 heavy (non-hydrogen) atoms. The van der Waals surface area contributed by atoms with Crippen LogP contribution in [0, 0.1) is 0 Å². The molecule has 4 heteroatoms. The Hall–Kier alpha value is -7.30. The van der Waals surface area contributed by atoms with Crippen LogP contribution >= 0.6 is 0 Å². The first-order valence-electron chi connectivity index (χ1n) is 18.2. The molecule has 0 aliphatic rings. The second-order valence-corrected chi connectivity index (χ2v) is 13.8. The molecule has 0 fully saturated rings. The van der Waals surface area contributed by atoms with Crippen LogP contribution in [0.2, 0.25) is 0 Å². The predicted molar refractivity (Wildman–Crippen MR) is 223 cm³/mol. The summed E-state index contributed by atoms with van der Waals surface area (Å²) in [5.41, 5.74) is 13.6. The number of para-hydroxylation sites is 5. The lowest BCUT2D eigenvalue weighted by atomic mass is 9.95. The first kappa shape index (κ1) is 30.3. The van der Waals surface area contributed by atoms with Crippen LogP contribution in [-0.4, -0.2) is 14.5 Å². The zero-order valence-corrected chi connectivity index (χ0v) is 29.1. The second-order valence-electron chi connectivity index (χ2n) is 13.8. The minimum atomic E-state index is 0.648. The maximum atomic E-state index is 6.42. The van der Waals surface area contributed by atoms with Gasteiger partial charge in [-0.1, -0.05) is 158 Å². The zero-order valence-electron chi connectivity index (χ0n) is 29.1. The highest BCUT2D eigenvalue weighted by Crippen LogP contribution is 2.41. The quantitative estimate of drug-likeness (QED) is 0.181. The van der Waals surface area contributed by atoms with Crippen molar-refractivity contribution in [2.45, 2.75) is 0 Å². The highest BCUT2D eigenvalue weighted by Gasteiger charge is 2.20. The summed E-state index contributed by atoms with van der Waals surface area (Å²) in [7, 11) is 0. The first-order chi connectivity index (χ1) is 26.8. The maximum Gasteiger partial charge on any atom is 0.235 e. The largest absolute Gasteiger partial charge is 0.455 e. The van der Waals surface area contributed by atoms with Gasteiger partial charge in [-0.3, -0.25) is 4.57 Å². The van der Waals surface area contributed by atoms with Gasteiger partial charge in [-0.15, -0.1) is 0 Å². The van der Waals surface area contributed by atoms with Crippen LogP contribution in [0.25, 0.3) is 105 Å². The molecular weight excluding hydrogens is 659 g/mol. The number of benzene rings is 8. The first-order valence-corrected chi connectivity index (χ1v) is 18.2. The Morgan fingerprint density at radius 1 is 0.389 bits per heavy atom. The molecule has 3 heterocycles. The second kappa shape index (κ2) is 12.1. The Labute approximate surface area is 311 Å². The van der Waals surface area contributed by atoms with Gasteiger partial charge >= 0.3 is 0 Å². The average molecular weight is 690 g/mol. The fourth-order valence-corrected chi connectivity index (χ4v) is 8.15. The van der Waals surface area contributed by atoms with Gasteiger partial charge in [-0.05, 0) is 52.6 Å². The zero-order chi connectivity index (χ0) is 35.6. The van der Waals surface area contributed by atoms with Gasteiger partial charge in [-0.25, -0.2) is 9.97 Å². The third-order valence-corrected chi connectivity index (χ3v) is 10.6. The van der Waals surface area contributed by atoms with E-state index in [1.807, 2.05) is 24.3 Å². The molecule has 8 aromatic carbocycles. The molecule has 0 N–H and O–H groups in total. The predicted octanol–water partition coefficient (Wildman–Crippen LogP) is 13.3. The summed E-state index contributed by atoms with van der Waals surface area (Å²) in [5.74, 6) is 0.648. The van der Waals surface area contributed by atoms with Crippen LogP contribution in [0.5, 0.6) is 0 Å². The Bertz CT molecular complexity index is 3230. The number of furan rings is 1. The van der Waals surface area contributed by atoms with Gasteiger partial charge in [0.1, 0.15) is 11.2 Å². The number of aromatic nitrogens is 3. The fraction of sp³-hybridized carbons (Fsp3) is 0. The third-order valence-electron chi connectivity index (χ3n) is 10.6. The van der Waals surface area contributed by atoms with Crippen molar-refractivity contribution >= 4 is 54.6 Å². The molecule has 4 nitrogen and oxygen atoms in total. The van der Waals surface area contributed by atoms with Crippen molar-refractivity contribution < 1.29 is 4.42 Å². The summed E-state index contributed by atoms with van der Waals surface area (Å²) >= 11 is 0. The molecule has 0 amide bonds. The normalized spacial score (nSPS) is 11.7. The molecule has 252 valence electrons. The summed E-state index contributed by atoms with van der Waals surface area (Å²) < 4.78 is 8.67. The van der Waals surface area contributed by atoms with Crippen LogP contribution in [0.15, 0.2) is 192 Å². The number of hydrogen-bond donors (Lipinski definition) is 0. The number of hydrogen-bond acceptors (Lipinski definition) is 3. The van der Waals surface area contributed by atoms with Crippen molar-refractivity contribution in [1.82, 2.24) is 14.5 Å². The summed E-state index contributed by atoms with van der Waals surface area (Å²) in [5, 5.41) is 5.61. The van der Waals surface area contributed by atoms with E-state index in [9.17, 15) is 0 Å². The smallest absolute Gasteiger partial charge is 0.235 e. The summed E-state index contributed by atoms with van der Waals surface area (Å²) in [6.07, 6.45) is 0. The Morgan fingerprint density at radius 3 is 1.78 bits per heavy atom. The van der Waals surface area contributed by atoms with Crippen LogP contribution in [0.1, 0.15) is 0 Å². The van der Waals surface area contributed by atoms with Gasteiger partial charge in [0.2, 0.25) is 5.95 Å². The fourth-order valence-electron chi connectivity index (χ4n) is 8.15. The average Bonchev–Trinajstić information content (AvgIpc) is 3.80. The topological polar surface area (TPSA) is 43.9 Å². The van der Waals surface area contributed by atoms with Gasteiger partial charge in [-0.2, -0.15) is 0 Å². The van der Waals surface area contributed by atoms with Crippen molar-refractivity contribution in [3.05, 3.63) is 188 Å². The van der Waals surface area contributed by atoms with Crippen molar-refractivity contribution in [2.24, 2.45) is 0 Å². The molecule has 11 aromatic rings. The van der Waals surface area contributed by atoms with Gasteiger partial charge in [0.25, 0.3) is 0 Å². The molecule has 0 aliphatic carbocycles. The van der Waals surface area contributed by atoms with E-state index >= 15 is 0 Å². The molecule has 0 radical (unpaired) electrons. The van der Waals surface area contributed by atoms with Crippen molar-refractivity contribution in [1.29, 1.82) is 0 Å².